The van der Waals surface area contributed by atoms with Gasteiger partial charge in [0.2, 0.25) is 0 Å². The van der Waals surface area contributed by atoms with Gasteiger partial charge in [0.25, 0.3) is 0 Å². The molecule has 0 radical (unpaired) electrons. The summed E-state index contributed by atoms with van der Waals surface area (Å²) in [7, 11) is 0. The van der Waals surface area contributed by atoms with Gasteiger partial charge in [0.1, 0.15) is 5.82 Å². The Kier molecular flexibility index (Phi) is 3.12. The van der Waals surface area contributed by atoms with Crippen molar-refractivity contribution in [3.05, 3.63) is 46.6 Å². The number of aromatic amines is 1. The zero-order valence-electron chi connectivity index (χ0n) is 9.99. The lowest BCUT2D eigenvalue weighted by Crippen LogP contribution is -2.29. The van der Waals surface area contributed by atoms with Gasteiger partial charge in [-0.2, -0.15) is 5.10 Å². The number of aryl methyl sites for hydroxylation is 1. The minimum absolute atomic E-state index is 0.145. The Morgan fingerprint density at radius 2 is 2.06 bits per heavy atom. The van der Waals surface area contributed by atoms with Crippen molar-refractivity contribution >= 4 is 5.82 Å². The van der Waals surface area contributed by atoms with Crippen molar-refractivity contribution in [1.29, 1.82) is 0 Å². The zero-order chi connectivity index (χ0) is 12.4. The van der Waals surface area contributed by atoms with Crippen LogP contribution in [0.25, 0.3) is 0 Å². The number of nitrogens with two attached hydrogens (primary N) is 2. The third-order valence-electron chi connectivity index (χ3n) is 3.13. The maximum atomic E-state index is 5.83. The number of nitrogens with zero attached hydrogens (tertiary/aromatic N) is 1. The molecule has 1 aromatic heterocycles. The smallest absolute Gasteiger partial charge is 0.124 e. The van der Waals surface area contributed by atoms with E-state index in [1.54, 1.807) is 6.20 Å². The number of hydrogen-bond donors (Lipinski definition) is 4. The molecule has 90 valence electrons. The number of hydrogen-bond acceptors (Lipinski definition) is 4. The largest absolute Gasteiger partial charge is 0.384 e. The number of benzene rings is 1. The monoisotopic (exact) mass is 231 g/mol. The molecule has 5 heteroatoms. The van der Waals surface area contributed by atoms with Crippen LogP contribution in [-0.2, 0) is 0 Å². The fourth-order valence-corrected chi connectivity index (χ4v) is 1.97. The van der Waals surface area contributed by atoms with Gasteiger partial charge >= 0.3 is 0 Å². The van der Waals surface area contributed by atoms with Crippen LogP contribution >= 0.6 is 0 Å². The Bertz CT molecular complexity index is 517. The Morgan fingerprint density at radius 3 is 2.65 bits per heavy atom. The maximum Gasteiger partial charge on any atom is 0.124 e. The van der Waals surface area contributed by atoms with Gasteiger partial charge in [0.15, 0.2) is 0 Å². The first-order chi connectivity index (χ1) is 8.15. The molecule has 1 atom stereocenters. The first-order valence-electron chi connectivity index (χ1n) is 5.46. The Balaban J connectivity index is 2.50. The van der Waals surface area contributed by atoms with Crippen molar-refractivity contribution in [2.75, 3.05) is 5.73 Å². The molecule has 0 aliphatic carbocycles. The molecule has 2 rings (SSSR count). The van der Waals surface area contributed by atoms with E-state index in [-0.39, 0.29) is 6.04 Å². The standard InChI is InChI=1S/C12H17N5/c1-7-4-3-5-9(8(7)2)11(16-14)10-6-15-17-12(10)13/h3-6,11,16H,14H2,1-2H3,(H3,13,15,17). The highest BCUT2D eigenvalue weighted by Gasteiger charge is 2.18. The van der Waals surface area contributed by atoms with E-state index in [1.807, 2.05) is 12.1 Å². The minimum atomic E-state index is -0.145. The summed E-state index contributed by atoms with van der Waals surface area (Å²) in [5.74, 6) is 6.17. The van der Waals surface area contributed by atoms with Crippen LogP contribution in [0, 0.1) is 13.8 Å². The van der Waals surface area contributed by atoms with E-state index in [0.717, 1.165) is 11.1 Å². The fourth-order valence-electron chi connectivity index (χ4n) is 1.97. The molecule has 0 aliphatic rings. The summed E-state index contributed by atoms with van der Waals surface area (Å²) < 4.78 is 0. The van der Waals surface area contributed by atoms with E-state index < -0.39 is 0 Å². The average molecular weight is 231 g/mol. The summed E-state index contributed by atoms with van der Waals surface area (Å²) in [6.07, 6.45) is 1.70. The quantitative estimate of drug-likeness (QED) is 0.471. The van der Waals surface area contributed by atoms with Gasteiger partial charge in [-0.15, -0.1) is 0 Å². The van der Waals surface area contributed by atoms with Crippen LogP contribution in [0.1, 0.15) is 28.3 Å². The van der Waals surface area contributed by atoms with Crippen molar-refractivity contribution in [1.82, 2.24) is 15.6 Å². The van der Waals surface area contributed by atoms with E-state index in [2.05, 4.69) is 35.5 Å². The molecule has 0 saturated carbocycles. The van der Waals surface area contributed by atoms with Gasteiger partial charge < -0.3 is 5.73 Å². The normalized spacial score (nSPS) is 12.6. The van der Waals surface area contributed by atoms with Crippen molar-refractivity contribution in [3.8, 4) is 0 Å². The molecule has 0 amide bonds. The van der Waals surface area contributed by atoms with Crippen molar-refractivity contribution in [2.24, 2.45) is 5.84 Å². The highest BCUT2D eigenvalue weighted by molar-refractivity contribution is 5.47. The number of hydrazine groups is 1. The number of nitrogen functional groups attached to an aromatic ring is 1. The highest BCUT2D eigenvalue weighted by Crippen LogP contribution is 2.28. The van der Waals surface area contributed by atoms with Gasteiger partial charge in [-0.05, 0) is 30.5 Å². The number of aromatic nitrogens is 2. The molecular formula is C12H17N5. The van der Waals surface area contributed by atoms with Crippen molar-refractivity contribution in [3.63, 3.8) is 0 Å². The summed E-state index contributed by atoms with van der Waals surface area (Å²) in [5, 5.41) is 6.64. The molecular weight excluding hydrogens is 214 g/mol. The maximum absolute atomic E-state index is 5.83. The lowest BCUT2D eigenvalue weighted by atomic mass is 9.94. The van der Waals surface area contributed by atoms with Crippen LogP contribution in [0.5, 0.6) is 0 Å². The summed E-state index contributed by atoms with van der Waals surface area (Å²) in [6.45, 7) is 4.15. The molecule has 0 fully saturated rings. The second-order valence-corrected chi connectivity index (χ2v) is 4.13. The number of rotatable bonds is 3. The van der Waals surface area contributed by atoms with Crippen molar-refractivity contribution < 1.29 is 0 Å². The first kappa shape index (κ1) is 11.6. The van der Waals surface area contributed by atoms with Gasteiger partial charge in [0, 0.05) is 5.56 Å². The lowest BCUT2D eigenvalue weighted by molar-refractivity contribution is 0.635. The minimum Gasteiger partial charge on any atom is -0.384 e. The molecule has 17 heavy (non-hydrogen) atoms. The van der Waals surface area contributed by atoms with E-state index >= 15 is 0 Å². The van der Waals surface area contributed by atoms with E-state index in [1.165, 1.54) is 11.1 Å². The summed E-state index contributed by atoms with van der Waals surface area (Å²) in [6, 6.07) is 5.98. The second-order valence-electron chi connectivity index (χ2n) is 4.13. The van der Waals surface area contributed by atoms with Gasteiger partial charge in [-0.1, -0.05) is 18.2 Å². The topological polar surface area (TPSA) is 92.7 Å². The SMILES string of the molecule is Cc1cccc(C(NN)c2cn[nH]c2N)c1C. The lowest BCUT2D eigenvalue weighted by Gasteiger charge is -2.19. The average Bonchev–Trinajstić information content (AvgIpc) is 2.72. The van der Waals surface area contributed by atoms with E-state index in [0.29, 0.717) is 5.82 Å². The Morgan fingerprint density at radius 1 is 1.29 bits per heavy atom. The summed E-state index contributed by atoms with van der Waals surface area (Å²) in [4.78, 5) is 0. The number of nitrogens with one attached hydrogen (secondary N) is 2. The third-order valence-corrected chi connectivity index (χ3v) is 3.13. The second kappa shape index (κ2) is 4.57. The van der Waals surface area contributed by atoms with Crippen LogP contribution < -0.4 is 17.0 Å². The van der Waals surface area contributed by atoms with Crippen LogP contribution in [0.2, 0.25) is 0 Å². The molecule has 0 aliphatic heterocycles. The molecule has 0 bridgehead atoms. The van der Waals surface area contributed by atoms with Crippen LogP contribution in [0.15, 0.2) is 24.4 Å². The molecule has 1 unspecified atom stereocenters. The van der Waals surface area contributed by atoms with Crippen LogP contribution in [0.3, 0.4) is 0 Å². The van der Waals surface area contributed by atoms with Crippen LogP contribution in [-0.4, -0.2) is 10.2 Å². The molecule has 0 spiro atoms. The van der Waals surface area contributed by atoms with E-state index in [4.69, 9.17) is 11.6 Å². The van der Waals surface area contributed by atoms with E-state index in [9.17, 15) is 0 Å². The van der Waals surface area contributed by atoms with Gasteiger partial charge in [-0.3, -0.25) is 10.9 Å². The number of anilines is 1. The third kappa shape index (κ3) is 2.02. The fraction of sp³-hybridized carbons (Fsp3) is 0.250. The van der Waals surface area contributed by atoms with Crippen molar-refractivity contribution in [2.45, 2.75) is 19.9 Å². The summed E-state index contributed by atoms with van der Waals surface area (Å²) >= 11 is 0. The molecule has 0 saturated heterocycles. The first-order valence-corrected chi connectivity index (χ1v) is 5.46. The molecule has 1 aromatic carbocycles. The predicted octanol–water partition coefficient (Wildman–Crippen LogP) is 1.16. The van der Waals surface area contributed by atoms with Crippen LogP contribution in [0.4, 0.5) is 5.82 Å². The predicted molar refractivity (Wildman–Crippen MR) is 68.1 cm³/mol. The zero-order valence-corrected chi connectivity index (χ0v) is 9.99. The Hall–Kier alpha value is -1.85. The molecule has 2 aromatic rings. The Labute approximate surface area is 100 Å². The van der Waals surface area contributed by atoms with Gasteiger partial charge in [0.05, 0.1) is 12.2 Å². The molecule has 1 heterocycles. The highest BCUT2D eigenvalue weighted by atomic mass is 15.2. The van der Waals surface area contributed by atoms with Gasteiger partial charge in [-0.25, -0.2) is 5.43 Å². The number of H-pyrrole nitrogens is 1. The molecule has 6 N–H and O–H groups in total. The molecule has 5 nitrogen and oxygen atoms in total. The summed E-state index contributed by atoms with van der Waals surface area (Å²) in [5.41, 5.74) is 13.0.